The first-order valence-corrected chi connectivity index (χ1v) is 6.12. The Labute approximate surface area is 120 Å². The highest BCUT2D eigenvalue weighted by molar-refractivity contribution is 6.29. The molecule has 102 valence electrons. The predicted molar refractivity (Wildman–Crippen MR) is 75.3 cm³/mol. The van der Waals surface area contributed by atoms with Crippen molar-refractivity contribution in [2.75, 3.05) is 5.32 Å². The van der Waals surface area contributed by atoms with E-state index < -0.39 is 5.97 Å². The molecular formula is C14H11ClN2O3. The second-order valence-corrected chi connectivity index (χ2v) is 4.54. The number of halogens is 1. The van der Waals surface area contributed by atoms with Crippen LogP contribution < -0.4 is 5.32 Å². The summed E-state index contributed by atoms with van der Waals surface area (Å²) in [5.41, 5.74) is 1.77. The first-order valence-electron chi connectivity index (χ1n) is 5.74. The molecule has 0 saturated carbocycles. The van der Waals surface area contributed by atoms with Gasteiger partial charge in [0.1, 0.15) is 5.15 Å². The van der Waals surface area contributed by atoms with Crippen LogP contribution in [-0.4, -0.2) is 22.0 Å². The van der Waals surface area contributed by atoms with E-state index >= 15 is 0 Å². The number of hydrogen-bond acceptors (Lipinski definition) is 3. The predicted octanol–water partition coefficient (Wildman–Crippen LogP) is 2.99. The number of aromatic nitrogens is 1. The van der Waals surface area contributed by atoms with Crippen LogP contribution in [0.25, 0.3) is 0 Å². The Balaban J connectivity index is 2.22. The summed E-state index contributed by atoms with van der Waals surface area (Å²) in [7, 11) is 0. The Bertz CT molecular complexity index is 686. The molecule has 0 aliphatic rings. The van der Waals surface area contributed by atoms with E-state index in [0.717, 1.165) is 0 Å². The summed E-state index contributed by atoms with van der Waals surface area (Å²) in [5, 5.41) is 11.8. The molecule has 0 aliphatic heterocycles. The third-order valence-electron chi connectivity index (χ3n) is 2.71. The van der Waals surface area contributed by atoms with Gasteiger partial charge in [0.25, 0.3) is 5.91 Å². The SMILES string of the molecule is Cc1cc(C(=O)O)ccc1NC(=O)c1ccnc(Cl)c1. The molecule has 0 unspecified atom stereocenters. The van der Waals surface area contributed by atoms with Crippen LogP contribution in [0.1, 0.15) is 26.3 Å². The molecule has 20 heavy (non-hydrogen) atoms. The second kappa shape index (κ2) is 5.71. The van der Waals surface area contributed by atoms with Crippen LogP contribution in [0.3, 0.4) is 0 Å². The number of benzene rings is 1. The van der Waals surface area contributed by atoms with Gasteiger partial charge in [-0.3, -0.25) is 4.79 Å². The number of pyridine rings is 1. The monoisotopic (exact) mass is 290 g/mol. The van der Waals surface area contributed by atoms with E-state index in [1.165, 1.54) is 24.4 Å². The lowest BCUT2D eigenvalue weighted by molar-refractivity contribution is 0.0696. The minimum Gasteiger partial charge on any atom is -0.478 e. The van der Waals surface area contributed by atoms with Gasteiger partial charge < -0.3 is 10.4 Å². The van der Waals surface area contributed by atoms with Gasteiger partial charge in [0.15, 0.2) is 0 Å². The fraction of sp³-hybridized carbons (Fsp3) is 0.0714. The van der Waals surface area contributed by atoms with Crippen LogP contribution in [0.2, 0.25) is 5.15 Å². The van der Waals surface area contributed by atoms with Crippen LogP contribution >= 0.6 is 11.6 Å². The third-order valence-corrected chi connectivity index (χ3v) is 2.92. The third kappa shape index (κ3) is 3.13. The minimum atomic E-state index is -1.01. The number of carboxylic acids is 1. The lowest BCUT2D eigenvalue weighted by Crippen LogP contribution is -2.13. The zero-order valence-electron chi connectivity index (χ0n) is 10.6. The van der Waals surface area contributed by atoms with Crippen molar-refractivity contribution in [1.82, 2.24) is 4.98 Å². The maximum absolute atomic E-state index is 12.0. The smallest absolute Gasteiger partial charge is 0.335 e. The molecule has 1 amide bonds. The number of carbonyl (C=O) groups is 2. The van der Waals surface area contributed by atoms with Crippen molar-refractivity contribution in [3.8, 4) is 0 Å². The number of aryl methyl sites for hydroxylation is 1. The molecule has 0 saturated heterocycles. The van der Waals surface area contributed by atoms with Crippen molar-refractivity contribution < 1.29 is 14.7 Å². The van der Waals surface area contributed by atoms with Gasteiger partial charge in [0.05, 0.1) is 5.56 Å². The normalized spacial score (nSPS) is 10.1. The van der Waals surface area contributed by atoms with Gasteiger partial charge in [-0.25, -0.2) is 9.78 Å². The summed E-state index contributed by atoms with van der Waals surface area (Å²) in [6.45, 7) is 1.72. The van der Waals surface area contributed by atoms with Gasteiger partial charge in [-0.15, -0.1) is 0 Å². The molecule has 2 aromatic rings. The number of amides is 1. The molecule has 0 fully saturated rings. The zero-order chi connectivity index (χ0) is 14.7. The number of carbonyl (C=O) groups excluding carboxylic acids is 1. The van der Waals surface area contributed by atoms with Crippen LogP contribution in [0.15, 0.2) is 36.5 Å². The summed E-state index contributed by atoms with van der Waals surface area (Å²) in [4.78, 5) is 26.7. The molecule has 0 atom stereocenters. The Hall–Kier alpha value is -2.40. The van der Waals surface area contributed by atoms with Crippen LogP contribution in [0, 0.1) is 6.92 Å². The van der Waals surface area contributed by atoms with Crippen molar-refractivity contribution in [2.24, 2.45) is 0 Å². The highest BCUT2D eigenvalue weighted by Crippen LogP contribution is 2.18. The Morgan fingerprint density at radius 1 is 1.20 bits per heavy atom. The van der Waals surface area contributed by atoms with Crippen molar-refractivity contribution in [3.05, 3.63) is 58.4 Å². The van der Waals surface area contributed by atoms with Crippen molar-refractivity contribution in [3.63, 3.8) is 0 Å². The van der Waals surface area contributed by atoms with E-state index in [0.29, 0.717) is 16.8 Å². The summed E-state index contributed by atoms with van der Waals surface area (Å²) < 4.78 is 0. The van der Waals surface area contributed by atoms with E-state index in [2.05, 4.69) is 10.3 Å². The van der Waals surface area contributed by atoms with E-state index in [9.17, 15) is 9.59 Å². The van der Waals surface area contributed by atoms with Gasteiger partial charge in [0.2, 0.25) is 0 Å². The largest absolute Gasteiger partial charge is 0.478 e. The van der Waals surface area contributed by atoms with Crippen molar-refractivity contribution in [2.45, 2.75) is 6.92 Å². The maximum atomic E-state index is 12.0. The fourth-order valence-corrected chi connectivity index (χ4v) is 1.85. The molecule has 1 aromatic heterocycles. The van der Waals surface area contributed by atoms with E-state index in [-0.39, 0.29) is 16.6 Å². The number of anilines is 1. The fourth-order valence-electron chi connectivity index (χ4n) is 1.68. The van der Waals surface area contributed by atoms with Crippen molar-refractivity contribution >= 4 is 29.2 Å². The van der Waals surface area contributed by atoms with Gasteiger partial charge in [-0.05, 0) is 42.8 Å². The van der Waals surface area contributed by atoms with Crippen LogP contribution in [0.5, 0.6) is 0 Å². The Morgan fingerprint density at radius 2 is 1.95 bits per heavy atom. The molecule has 2 rings (SSSR count). The minimum absolute atomic E-state index is 0.174. The van der Waals surface area contributed by atoms with Gasteiger partial charge >= 0.3 is 5.97 Å². The summed E-state index contributed by atoms with van der Waals surface area (Å²) in [6.07, 6.45) is 1.44. The highest BCUT2D eigenvalue weighted by Gasteiger charge is 2.10. The number of hydrogen-bond donors (Lipinski definition) is 2. The van der Waals surface area contributed by atoms with E-state index in [4.69, 9.17) is 16.7 Å². The lowest BCUT2D eigenvalue weighted by Gasteiger charge is -2.09. The molecule has 1 heterocycles. The van der Waals surface area contributed by atoms with Gasteiger partial charge in [0, 0.05) is 17.4 Å². The summed E-state index contributed by atoms with van der Waals surface area (Å²) >= 11 is 5.72. The average molecular weight is 291 g/mol. The molecule has 1 aromatic carbocycles. The lowest BCUT2D eigenvalue weighted by atomic mass is 10.1. The Morgan fingerprint density at radius 3 is 2.55 bits per heavy atom. The van der Waals surface area contributed by atoms with E-state index in [1.807, 2.05) is 0 Å². The first kappa shape index (κ1) is 14.0. The standard InChI is InChI=1S/C14H11ClN2O3/c1-8-6-10(14(19)20)2-3-11(8)17-13(18)9-4-5-16-12(15)7-9/h2-7H,1H3,(H,17,18)(H,19,20). The molecular weight excluding hydrogens is 280 g/mol. The van der Waals surface area contributed by atoms with Gasteiger partial charge in [-0.2, -0.15) is 0 Å². The first-order chi connectivity index (χ1) is 9.47. The van der Waals surface area contributed by atoms with Gasteiger partial charge in [-0.1, -0.05) is 11.6 Å². The zero-order valence-corrected chi connectivity index (χ0v) is 11.3. The van der Waals surface area contributed by atoms with E-state index in [1.54, 1.807) is 19.1 Å². The number of rotatable bonds is 3. The molecule has 6 heteroatoms. The molecule has 0 aliphatic carbocycles. The summed E-state index contributed by atoms with van der Waals surface area (Å²) in [6, 6.07) is 7.49. The second-order valence-electron chi connectivity index (χ2n) is 4.16. The topological polar surface area (TPSA) is 79.3 Å². The number of carboxylic acid groups (broad SMARTS) is 1. The maximum Gasteiger partial charge on any atom is 0.335 e. The molecule has 0 bridgehead atoms. The highest BCUT2D eigenvalue weighted by atomic mass is 35.5. The molecule has 5 nitrogen and oxygen atoms in total. The quantitative estimate of drug-likeness (QED) is 0.852. The van der Waals surface area contributed by atoms with Crippen LogP contribution in [0.4, 0.5) is 5.69 Å². The number of nitrogens with one attached hydrogen (secondary N) is 1. The Kier molecular flexibility index (Phi) is 4.00. The average Bonchev–Trinajstić information content (AvgIpc) is 2.40. The number of aromatic carboxylic acids is 1. The molecule has 0 spiro atoms. The van der Waals surface area contributed by atoms with Crippen LogP contribution in [-0.2, 0) is 0 Å². The number of nitrogens with zero attached hydrogens (tertiary/aromatic N) is 1. The molecule has 2 N–H and O–H groups in total. The summed E-state index contributed by atoms with van der Waals surface area (Å²) in [5.74, 6) is -1.34. The van der Waals surface area contributed by atoms with Crippen molar-refractivity contribution in [1.29, 1.82) is 0 Å². The molecule has 0 radical (unpaired) electrons.